The number of carbonyl (C=O) groups excluding carboxylic acids is 2. The first kappa shape index (κ1) is 14.7. The average molecular weight is 268 g/mol. The smallest absolute Gasteiger partial charge is 0.335 e. The Balaban J connectivity index is 3.34. The zero-order valence-electron chi connectivity index (χ0n) is 10.3. The number of rotatable bonds is 4. The summed E-state index contributed by atoms with van der Waals surface area (Å²) in [6.07, 6.45) is 1.83. The summed E-state index contributed by atoms with van der Waals surface area (Å²) in [6, 6.07) is 5.94. The van der Waals surface area contributed by atoms with E-state index in [2.05, 4.69) is 13.2 Å². The molecule has 1 aromatic carbocycles. The van der Waals surface area contributed by atoms with Crippen LogP contribution in [-0.2, 0) is 9.59 Å². The molecule has 0 aliphatic rings. The summed E-state index contributed by atoms with van der Waals surface area (Å²) in [5.41, 5.74) is -0.422. The lowest BCUT2D eigenvalue weighted by atomic mass is 10.1. The molecule has 0 saturated carbocycles. The van der Waals surface area contributed by atoms with Crippen LogP contribution in [0.15, 0.2) is 37.4 Å². The van der Waals surface area contributed by atoms with Gasteiger partial charge in [0.2, 0.25) is 0 Å². The quantitative estimate of drug-likeness (QED) is 0.467. The predicted octanol–water partition coefficient (Wildman–Crippen LogP) is 1.61. The molecule has 0 radical (unpaired) electrons. The van der Waals surface area contributed by atoms with Gasteiger partial charge in [-0.1, -0.05) is 13.2 Å². The van der Waals surface area contributed by atoms with Crippen LogP contribution in [0.4, 0.5) is 0 Å². The third-order valence-corrected chi connectivity index (χ3v) is 2.11. The molecule has 1 rings (SSSR count). The van der Waals surface area contributed by atoms with Crippen LogP contribution in [0.25, 0.3) is 0 Å². The molecule has 0 bridgehead atoms. The minimum atomic E-state index is -0.777. The summed E-state index contributed by atoms with van der Waals surface area (Å²) in [4.78, 5) is 22.3. The van der Waals surface area contributed by atoms with E-state index < -0.39 is 11.9 Å². The molecule has 6 nitrogen and oxygen atoms in total. The van der Waals surface area contributed by atoms with Gasteiger partial charge in [0.1, 0.15) is 23.3 Å². The highest BCUT2D eigenvalue weighted by Gasteiger charge is 2.18. The Kier molecular flexibility index (Phi) is 4.79. The van der Waals surface area contributed by atoms with Gasteiger partial charge in [-0.25, -0.2) is 9.59 Å². The fraction of sp³-hybridized carbons (Fsp3) is 0. The van der Waals surface area contributed by atoms with E-state index in [1.165, 1.54) is 12.1 Å². The Labute approximate surface area is 114 Å². The Morgan fingerprint density at radius 3 is 1.55 bits per heavy atom. The predicted molar refractivity (Wildman–Crippen MR) is 67.5 cm³/mol. The highest BCUT2D eigenvalue weighted by Crippen LogP contribution is 2.29. The number of carbonyl (C=O) groups is 2. The van der Waals surface area contributed by atoms with E-state index in [1.807, 2.05) is 0 Å². The van der Waals surface area contributed by atoms with Gasteiger partial charge in [0.15, 0.2) is 11.5 Å². The maximum Gasteiger partial charge on any atom is 0.335 e. The van der Waals surface area contributed by atoms with Crippen molar-refractivity contribution in [1.82, 2.24) is 0 Å². The van der Waals surface area contributed by atoms with E-state index in [0.29, 0.717) is 0 Å². The van der Waals surface area contributed by atoms with Gasteiger partial charge in [0, 0.05) is 12.2 Å². The van der Waals surface area contributed by atoms with Gasteiger partial charge < -0.3 is 9.47 Å². The standard InChI is InChI=1S/C14H8N2O4/c1-3-13(17)19-11-5-6-12(20-14(18)4-2)10(8-16)9(11)7-15/h3-6H,1-2H2. The highest BCUT2D eigenvalue weighted by molar-refractivity contribution is 5.85. The fourth-order valence-electron chi connectivity index (χ4n) is 1.26. The van der Waals surface area contributed by atoms with Crippen LogP contribution in [0.5, 0.6) is 11.5 Å². The summed E-state index contributed by atoms with van der Waals surface area (Å²) >= 11 is 0. The summed E-state index contributed by atoms with van der Waals surface area (Å²) in [5, 5.41) is 18.1. The zero-order chi connectivity index (χ0) is 15.1. The van der Waals surface area contributed by atoms with Crippen molar-refractivity contribution in [3.05, 3.63) is 48.6 Å². The second-order valence-corrected chi connectivity index (χ2v) is 3.29. The normalized spacial score (nSPS) is 8.70. The number of hydrogen-bond donors (Lipinski definition) is 0. The van der Waals surface area contributed by atoms with Gasteiger partial charge in [0.25, 0.3) is 0 Å². The van der Waals surface area contributed by atoms with Crippen molar-refractivity contribution in [3.8, 4) is 23.6 Å². The first-order chi connectivity index (χ1) is 9.57. The molecule has 0 heterocycles. The topological polar surface area (TPSA) is 100 Å². The van der Waals surface area contributed by atoms with E-state index in [0.717, 1.165) is 12.2 Å². The van der Waals surface area contributed by atoms with Crippen LogP contribution in [0.2, 0.25) is 0 Å². The number of nitrogens with zero attached hydrogens (tertiary/aromatic N) is 2. The summed E-state index contributed by atoms with van der Waals surface area (Å²) in [6.45, 7) is 6.44. The molecule has 0 aromatic heterocycles. The lowest BCUT2D eigenvalue weighted by Crippen LogP contribution is -2.08. The molecule has 1 aromatic rings. The van der Waals surface area contributed by atoms with E-state index in [-0.39, 0.29) is 22.6 Å². The van der Waals surface area contributed by atoms with Crippen LogP contribution >= 0.6 is 0 Å². The molecule has 0 atom stereocenters. The van der Waals surface area contributed by atoms with Crippen molar-refractivity contribution >= 4 is 11.9 Å². The first-order valence-corrected chi connectivity index (χ1v) is 5.23. The van der Waals surface area contributed by atoms with Crippen molar-refractivity contribution in [2.75, 3.05) is 0 Å². The average Bonchev–Trinajstić information content (AvgIpc) is 2.47. The molecule has 20 heavy (non-hydrogen) atoms. The molecular formula is C14H8N2O4. The van der Waals surface area contributed by atoms with Crippen LogP contribution in [0, 0.1) is 22.7 Å². The molecule has 0 amide bonds. The second kappa shape index (κ2) is 6.53. The number of benzene rings is 1. The van der Waals surface area contributed by atoms with E-state index in [4.69, 9.17) is 20.0 Å². The van der Waals surface area contributed by atoms with Gasteiger partial charge >= 0.3 is 11.9 Å². The van der Waals surface area contributed by atoms with Crippen LogP contribution in [0.1, 0.15) is 11.1 Å². The van der Waals surface area contributed by atoms with Crippen LogP contribution in [-0.4, -0.2) is 11.9 Å². The summed E-state index contributed by atoms with van der Waals surface area (Å²) < 4.78 is 9.65. The summed E-state index contributed by atoms with van der Waals surface area (Å²) in [7, 11) is 0. The lowest BCUT2D eigenvalue weighted by Gasteiger charge is -2.09. The lowest BCUT2D eigenvalue weighted by molar-refractivity contribution is -0.130. The van der Waals surface area contributed by atoms with Gasteiger partial charge in [-0.3, -0.25) is 0 Å². The van der Waals surface area contributed by atoms with Crippen molar-refractivity contribution in [1.29, 1.82) is 10.5 Å². The van der Waals surface area contributed by atoms with Crippen LogP contribution < -0.4 is 9.47 Å². The molecular weight excluding hydrogens is 260 g/mol. The fourth-order valence-corrected chi connectivity index (χ4v) is 1.26. The molecule has 0 spiro atoms. The highest BCUT2D eigenvalue weighted by atomic mass is 16.5. The van der Waals surface area contributed by atoms with E-state index in [1.54, 1.807) is 12.1 Å². The third kappa shape index (κ3) is 3.09. The maximum atomic E-state index is 11.1. The molecule has 0 aliphatic heterocycles. The Hall–Kier alpha value is -3.38. The minimum Gasteiger partial charge on any atom is -0.422 e. The Morgan fingerprint density at radius 1 is 0.950 bits per heavy atom. The SMILES string of the molecule is C=CC(=O)Oc1ccc(OC(=O)C=C)c(C#N)c1C#N. The number of esters is 2. The largest absolute Gasteiger partial charge is 0.422 e. The second-order valence-electron chi connectivity index (χ2n) is 3.29. The number of ether oxygens (including phenoxy) is 2. The van der Waals surface area contributed by atoms with E-state index in [9.17, 15) is 9.59 Å². The molecule has 0 aliphatic carbocycles. The van der Waals surface area contributed by atoms with Gasteiger partial charge in [-0.2, -0.15) is 10.5 Å². The molecule has 0 N–H and O–H groups in total. The van der Waals surface area contributed by atoms with Crippen molar-refractivity contribution < 1.29 is 19.1 Å². The monoisotopic (exact) mass is 268 g/mol. The number of hydrogen-bond acceptors (Lipinski definition) is 6. The maximum absolute atomic E-state index is 11.1. The third-order valence-electron chi connectivity index (χ3n) is 2.11. The van der Waals surface area contributed by atoms with Gasteiger partial charge in [0.05, 0.1) is 0 Å². The summed E-state index contributed by atoms with van der Waals surface area (Å²) in [5.74, 6) is -1.79. The molecule has 0 unspecified atom stereocenters. The van der Waals surface area contributed by atoms with E-state index >= 15 is 0 Å². The van der Waals surface area contributed by atoms with Gasteiger partial charge in [-0.05, 0) is 12.1 Å². The Bertz CT molecular complexity index is 619. The first-order valence-electron chi connectivity index (χ1n) is 5.23. The molecule has 0 saturated heterocycles. The zero-order valence-corrected chi connectivity index (χ0v) is 10.3. The Morgan fingerprint density at radius 2 is 1.30 bits per heavy atom. The van der Waals surface area contributed by atoms with Crippen molar-refractivity contribution in [3.63, 3.8) is 0 Å². The molecule has 6 heteroatoms. The van der Waals surface area contributed by atoms with Crippen molar-refractivity contribution in [2.45, 2.75) is 0 Å². The minimum absolute atomic E-state index is 0.118. The van der Waals surface area contributed by atoms with Gasteiger partial charge in [-0.15, -0.1) is 0 Å². The molecule has 98 valence electrons. The van der Waals surface area contributed by atoms with Crippen LogP contribution in [0.3, 0.4) is 0 Å². The van der Waals surface area contributed by atoms with Crippen molar-refractivity contribution in [2.24, 2.45) is 0 Å². The number of nitriles is 2. The molecule has 0 fully saturated rings.